The number of ether oxygens (including phenoxy) is 1. The standard InChI is InChI=1S/C19H25F2N5O3/c1-19(2,3)29-18(28)24-8-10-25(11-9-24)26-14(6-7-22)23-16-13(21)5-4-12(20)15(16)17(26)27/h4-5H,6-11,22H2,1-3H3. The maximum absolute atomic E-state index is 14.3. The molecule has 2 N–H and O–H groups in total. The highest BCUT2D eigenvalue weighted by atomic mass is 19.1. The van der Waals surface area contributed by atoms with Crippen LogP contribution in [0.3, 0.4) is 0 Å². The van der Waals surface area contributed by atoms with Gasteiger partial charge in [0.1, 0.15) is 34.0 Å². The highest BCUT2D eigenvalue weighted by molar-refractivity contribution is 5.79. The molecule has 2 heterocycles. The lowest BCUT2D eigenvalue weighted by Gasteiger charge is -2.37. The third-order valence-electron chi connectivity index (χ3n) is 4.53. The van der Waals surface area contributed by atoms with Crippen LogP contribution in [0, 0.1) is 11.6 Å². The molecule has 0 aliphatic carbocycles. The lowest BCUT2D eigenvalue weighted by Crippen LogP contribution is -2.56. The van der Waals surface area contributed by atoms with Gasteiger partial charge in [-0.2, -0.15) is 0 Å². The molecule has 0 radical (unpaired) electrons. The van der Waals surface area contributed by atoms with Crippen molar-refractivity contribution in [3.63, 3.8) is 0 Å². The third-order valence-corrected chi connectivity index (χ3v) is 4.53. The van der Waals surface area contributed by atoms with Gasteiger partial charge in [0, 0.05) is 19.5 Å². The van der Waals surface area contributed by atoms with Crippen LogP contribution in [0.5, 0.6) is 0 Å². The number of rotatable bonds is 3. The number of aromatic nitrogens is 2. The lowest BCUT2D eigenvalue weighted by molar-refractivity contribution is 0.0231. The number of hydrogen-bond donors (Lipinski definition) is 1. The largest absolute Gasteiger partial charge is 0.444 e. The van der Waals surface area contributed by atoms with E-state index in [1.165, 1.54) is 4.68 Å². The van der Waals surface area contributed by atoms with E-state index in [-0.39, 0.29) is 24.3 Å². The van der Waals surface area contributed by atoms with E-state index in [1.807, 2.05) is 0 Å². The number of halogens is 2. The van der Waals surface area contributed by atoms with Crippen LogP contribution in [0.25, 0.3) is 10.9 Å². The van der Waals surface area contributed by atoms with Crippen molar-refractivity contribution in [1.29, 1.82) is 0 Å². The molecule has 0 spiro atoms. The fourth-order valence-corrected chi connectivity index (χ4v) is 3.24. The number of nitrogens with zero attached hydrogens (tertiary/aromatic N) is 4. The van der Waals surface area contributed by atoms with E-state index in [4.69, 9.17) is 10.5 Å². The fourth-order valence-electron chi connectivity index (χ4n) is 3.24. The second kappa shape index (κ2) is 7.94. The maximum Gasteiger partial charge on any atom is 0.410 e. The van der Waals surface area contributed by atoms with Crippen molar-refractivity contribution in [3.05, 3.63) is 39.9 Å². The van der Waals surface area contributed by atoms with Crippen molar-refractivity contribution < 1.29 is 18.3 Å². The average molecular weight is 409 g/mol. The summed E-state index contributed by atoms with van der Waals surface area (Å²) in [6, 6.07) is 1.86. The van der Waals surface area contributed by atoms with E-state index < -0.39 is 34.3 Å². The molecule has 2 aromatic rings. The van der Waals surface area contributed by atoms with Gasteiger partial charge in [-0.15, -0.1) is 0 Å². The quantitative estimate of drug-likeness (QED) is 0.823. The lowest BCUT2D eigenvalue weighted by atomic mass is 10.2. The molecule has 1 amide bonds. The second-order valence-electron chi connectivity index (χ2n) is 7.86. The Kier molecular flexibility index (Phi) is 5.74. The van der Waals surface area contributed by atoms with Crippen LogP contribution < -0.4 is 16.3 Å². The number of nitrogens with two attached hydrogens (primary N) is 1. The Morgan fingerprint density at radius 2 is 1.79 bits per heavy atom. The summed E-state index contributed by atoms with van der Waals surface area (Å²) in [5.74, 6) is -1.35. The third kappa shape index (κ3) is 4.31. The number of carbonyl (C=O) groups excluding carboxylic acids is 1. The van der Waals surface area contributed by atoms with Gasteiger partial charge in [-0.3, -0.25) is 4.79 Å². The minimum Gasteiger partial charge on any atom is -0.444 e. The van der Waals surface area contributed by atoms with Gasteiger partial charge >= 0.3 is 6.09 Å². The molecule has 158 valence electrons. The van der Waals surface area contributed by atoms with Gasteiger partial charge in [-0.25, -0.2) is 23.2 Å². The first-order chi connectivity index (χ1) is 13.6. The number of carbonyl (C=O) groups is 1. The number of piperazine rings is 1. The maximum atomic E-state index is 14.3. The molecule has 0 atom stereocenters. The highest BCUT2D eigenvalue weighted by Crippen LogP contribution is 2.18. The average Bonchev–Trinajstić information content (AvgIpc) is 2.64. The molecule has 1 fully saturated rings. The topological polar surface area (TPSA) is 93.7 Å². The van der Waals surface area contributed by atoms with Gasteiger partial charge in [0.05, 0.1) is 13.1 Å². The van der Waals surface area contributed by atoms with Gasteiger partial charge < -0.3 is 20.4 Å². The van der Waals surface area contributed by atoms with E-state index in [0.29, 0.717) is 26.2 Å². The van der Waals surface area contributed by atoms with E-state index in [9.17, 15) is 18.4 Å². The Bertz CT molecular complexity index is 978. The molecule has 1 aliphatic rings. The van der Waals surface area contributed by atoms with Crippen LogP contribution in [0.1, 0.15) is 26.6 Å². The van der Waals surface area contributed by atoms with E-state index >= 15 is 0 Å². The summed E-state index contributed by atoms with van der Waals surface area (Å²) in [6.45, 7) is 6.78. The van der Waals surface area contributed by atoms with Crippen molar-refractivity contribution in [2.24, 2.45) is 5.73 Å². The number of fused-ring (bicyclic) bond motifs is 1. The van der Waals surface area contributed by atoms with E-state index in [0.717, 1.165) is 12.1 Å². The Labute approximate surface area is 166 Å². The Morgan fingerprint density at radius 1 is 1.17 bits per heavy atom. The van der Waals surface area contributed by atoms with E-state index in [1.54, 1.807) is 30.7 Å². The van der Waals surface area contributed by atoms with Crippen LogP contribution in [0.2, 0.25) is 0 Å². The van der Waals surface area contributed by atoms with Crippen molar-refractivity contribution in [2.75, 3.05) is 37.7 Å². The molecular formula is C19H25F2N5O3. The fraction of sp³-hybridized carbons (Fsp3) is 0.526. The molecule has 1 aromatic carbocycles. The molecule has 29 heavy (non-hydrogen) atoms. The Balaban J connectivity index is 1.93. The Morgan fingerprint density at radius 3 is 2.38 bits per heavy atom. The van der Waals surface area contributed by atoms with Crippen LogP contribution in [-0.4, -0.2) is 59.0 Å². The van der Waals surface area contributed by atoms with Gasteiger partial charge in [-0.05, 0) is 39.4 Å². The molecule has 8 nitrogen and oxygen atoms in total. The number of hydrogen-bond acceptors (Lipinski definition) is 6. The molecule has 0 bridgehead atoms. The van der Waals surface area contributed by atoms with Gasteiger partial charge in [0.25, 0.3) is 5.56 Å². The SMILES string of the molecule is CC(C)(C)OC(=O)N1CCN(n2c(CCN)nc3c(F)ccc(F)c3c2=O)CC1. The van der Waals surface area contributed by atoms with Crippen LogP contribution in [-0.2, 0) is 11.2 Å². The van der Waals surface area contributed by atoms with Crippen molar-refractivity contribution >= 4 is 17.0 Å². The summed E-state index contributed by atoms with van der Waals surface area (Å²) in [5.41, 5.74) is 4.03. The molecule has 3 rings (SSSR count). The van der Waals surface area contributed by atoms with Crippen molar-refractivity contribution in [1.82, 2.24) is 14.6 Å². The summed E-state index contributed by atoms with van der Waals surface area (Å²) in [4.78, 5) is 31.0. The highest BCUT2D eigenvalue weighted by Gasteiger charge is 2.28. The molecule has 1 saturated heterocycles. The molecule has 1 aromatic heterocycles. The van der Waals surface area contributed by atoms with Gasteiger partial charge in [0.2, 0.25) is 0 Å². The second-order valence-corrected chi connectivity index (χ2v) is 7.86. The minimum absolute atomic E-state index is 0.187. The summed E-state index contributed by atoms with van der Waals surface area (Å²) in [7, 11) is 0. The smallest absolute Gasteiger partial charge is 0.410 e. The van der Waals surface area contributed by atoms with E-state index in [2.05, 4.69) is 4.98 Å². The number of amides is 1. The predicted molar refractivity (Wildman–Crippen MR) is 104 cm³/mol. The van der Waals surface area contributed by atoms with Crippen LogP contribution in [0.4, 0.5) is 13.6 Å². The normalized spacial score (nSPS) is 15.1. The molecule has 0 saturated carbocycles. The van der Waals surface area contributed by atoms with Crippen molar-refractivity contribution in [2.45, 2.75) is 32.8 Å². The monoisotopic (exact) mass is 409 g/mol. The molecule has 10 heteroatoms. The zero-order valence-corrected chi connectivity index (χ0v) is 16.7. The molecule has 0 unspecified atom stereocenters. The summed E-state index contributed by atoms with van der Waals surface area (Å²) < 4.78 is 35.0. The summed E-state index contributed by atoms with van der Waals surface area (Å²) in [5, 5.41) is 1.27. The zero-order valence-electron chi connectivity index (χ0n) is 16.7. The Hall–Kier alpha value is -2.75. The first kappa shape index (κ1) is 21.0. The predicted octanol–water partition coefficient (Wildman–Crippen LogP) is 1.36. The molecular weight excluding hydrogens is 384 g/mol. The van der Waals surface area contributed by atoms with Gasteiger partial charge in [-0.1, -0.05) is 0 Å². The summed E-state index contributed by atoms with van der Waals surface area (Å²) in [6.07, 6.45) is -0.218. The van der Waals surface area contributed by atoms with Crippen LogP contribution in [0.15, 0.2) is 16.9 Å². The number of benzene rings is 1. The summed E-state index contributed by atoms with van der Waals surface area (Å²) >= 11 is 0. The van der Waals surface area contributed by atoms with Crippen molar-refractivity contribution in [3.8, 4) is 0 Å². The first-order valence-electron chi connectivity index (χ1n) is 9.45. The molecule has 1 aliphatic heterocycles. The van der Waals surface area contributed by atoms with Crippen LogP contribution >= 0.6 is 0 Å². The minimum atomic E-state index is -0.834. The van der Waals surface area contributed by atoms with Gasteiger partial charge in [0.15, 0.2) is 0 Å². The zero-order chi connectivity index (χ0) is 21.3. The first-order valence-corrected chi connectivity index (χ1v) is 9.45.